The molecule has 0 bridgehead atoms. The quantitative estimate of drug-likeness (QED) is 0.517. The largest absolute Gasteiger partial charge is 0.494 e. The summed E-state index contributed by atoms with van der Waals surface area (Å²) in [5.74, 6) is -0.0711. The van der Waals surface area contributed by atoms with Crippen molar-refractivity contribution in [2.24, 2.45) is 0 Å². The van der Waals surface area contributed by atoms with Gasteiger partial charge in [0.2, 0.25) is 10.0 Å². The molecule has 5 rings (SSSR count). The summed E-state index contributed by atoms with van der Waals surface area (Å²) >= 11 is 0. The van der Waals surface area contributed by atoms with Crippen molar-refractivity contribution < 1.29 is 13.5 Å². The van der Waals surface area contributed by atoms with Gasteiger partial charge >= 0.3 is 0 Å². The van der Waals surface area contributed by atoms with E-state index < -0.39 is 10.0 Å². The number of sulfonamides is 1. The second-order valence-electron chi connectivity index (χ2n) is 8.89. The highest BCUT2D eigenvalue weighted by Crippen LogP contribution is 2.36. The van der Waals surface area contributed by atoms with Gasteiger partial charge in [-0.3, -0.25) is 9.88 Å². The topological polar surface area (TPSA) is 117 Å². The third-order valence-electron chi connectivity index (χ3n) is 6.80. The predicted molar refractivity (Wildman–Crippen MR) is 136 cm³/mol. The van der Waals surface area contributed by atoms with Crippen molar-refractivity contribution in [3.63, 3.8) is 0 Å². The number of piperazine rings is 1. The number of hydrogen-bond acceptors (Lipinski definition) is 7. The van der Waals surface area contributed by atoms with Crippen molar-refractivity contribution in [1.82, 2.24) is 24.1 Å². The lowest BCUT2D eigenvalue weighted by molar-refractivity contribution is 0.168. The SMILES string of the molecule is Cl.N#Cc1ccc2c(-c3ccc(S(=O)(=O)N4CCN(CCN5CCCC5)CC4)cn3)c(O)[nH]c2c1. The van der Waals surface area contributed by atoms with E-state index in [4.69, 9.17) is 5.26 Å². The van der Waals surface area contributed by atoms with Gasteiger partial charge in [0.15, 0.2) is 5.88 Å². The maximum atomic E-state index is 13.2. The molecule has 0 saturated carbocycles. The number of aromatic amines is 1. The number of fused-ring (bicyclic) bond motifs is 1. The number of aromatic nitrogens is 2. The fourth-order valence-corrected chi connectivity index (χ4v) is 6.19. The standard InChI is InChI=1S/C24H28N6O3S.ClH/c25-16-18-3-5-20-22(15-18)27-24(31)23(20)21-6-4-19(17-26-21)34(32,33)30-13-11-29(12-14-30)10-9-28-7-1-2-8-28;/h3-6,15,17,27,31H,1-2,7-14H2;1H. The minimum atomic E-state index is -3.64. The van der Waals surface area contributed by atoms with Gasteiger partial charge in [-0.1, -0.05) is 6.07 Å². The van der Waals surface area contributed by atoms with Gasteiger partial charge in [0.1, 0.15) is 4.90 Å². The van der Waals surface area contributed by atoms with Gasteiger partial charge in [0, 0.05) is 50.9 Å². The summed E-state index contributed by atoms with van der Waals surface area (Å²) in [4.78, 5) is 12.2. The number of nitriles is 1. The van der Waals surface area contributed by atoms with Gasteiger partial charge in [0.05, 0.1) is 28.4 Å². The first-order valence-corrected chi connectivity index (χ1v) is 13.1. The molecule has 0 radical (unpaired) electrons. The monoisotopic (exact) mass is 516 g/mol. The van der Waals surface area contributed by atoms with Gasteiger partial charge in [-0.15, -0.1) is 12.4 Å². The summed E-state index contributed by atoms with van der Waals surface area (Å²) < 4.78 is 27.9. The Kier molecular flexibility index (Phi) is 7.64. The number of hydrogen-bond donors (Lipinski definition) is 2. The third kappa shape index (κ3) is 5.15. The molecule has 35 heavy (non-hydrogen) atoms. The number of pyridine rings is 1. The smallest absolute Gasteiger partial charge is 0.244 e. The molecule has 4 heterocycles. The van der Waals surface area contributed by atoms with Gasteiger partial charge in [-0.25, -0.2) is 8.42 Å². The number of benzene rings is 1. The average Bonchev–Trinajstić information content (AvgIpc) is 3.49. The van der Waals surface area contributed by atoms with Crippen LogP contribution in [0.4, 0.5) is 0 Å². The van der Waals surface area contributed by atoms with Crippen LogP contribution in [0.2, 0.25) is 0 Å². The zero-order valence-corrected chi connectivity index (χ0v) is 21.0. The molecular formula is C24H29ClN6O3S. The average molecular weight is 517 g/mol. The third-order valence-corrected chi connectivity index (χ3v) is 8.68. The van der Waals surface area contributed by atoms with Gasteiger partial charge < -0.3 is 15.0 Å². The van der Waals surface area contributed by atoms with E-state index in [1.807, 2.05) is 0 Å². The van der Waals surface area contributed by atoms with Crippen LogP contribution in [0.25, 0.3) is 22.2 Å². The van der Waals surface area contributed by atoms with Crippen LogP contribution in [-0.2, 0) is 10.0 Å². The number of rotatable bonds is 6. The normalized spacial score (nSPS) is 17.9. The van der Waals surface area contributed by atoms with Crippen LogP contribution in [0.3, 0.4) is 0 Å². The van der Waals surface area contributed by atoms with Gasteiger partial charge in [-0.2, -0.15) is 9.57 Å². The molecule has 1 aromatic carbocycles. The van der Waals surface area contributed by atoms with Crippen molar-refractivity contribution >= 4 is 33.3 Å². The fourth-order valence-electron chi connectivity index (χ4n) is 4.82. The Morgan fingerprint density at radius 3 is 2.31 bits per heavy atom. The van der Waals surface area contributed by atoms with Crippen molar-refractivity contribution in [2.45, 2.75) is 17.7 Å². The van der Waals surface area contributed by atoms with E-state index >= 15 is 0 Å². The Hall–Kier alpha value is -2.68. The summed E-state index contributed by atoms with van der Waals surface area (Å²) in [6, 6.07) is 10.3. The van der Waals surface area contributed by atoms with Crippen LogP contribution in [-0.4, -0.2) is 90.0 Å². The van der Waals surface area contributed by atoms with E-state index in [9.17, 15) is 13.5 Å². The molecule has 0 atom stereocenters. The van der Waals surface area contributed by atoms with Crippen LogP contribution in [0.5, 0.6) is 5.88 Å². The first-order chi connectivity index (χ1) is 16.5. The fraction of sp³-hybridized carbons (Fsp3) is 0.417. The summed E-state index contributed by atoms with van der Waals surface area (Å²) in [6.07, 6.45) is 3.91. The second kappa shape index (κ2) is 10.5. The first-order valence-electron chi connectivity index (χ1n) is 11.6. The van der Waals surface area contributed by atoms with E-state index in [0.29, 0.717) is 40.8 Å². The van der Waals surface area contributed by atoms with Crippen LogP contribution in [0, 0.1) is 11.3 Å². The lowest BCUT2D eigenvalue weighted by Crippen LogP contribution is -2.50. The number of nitrogens with one attached hydrogen (secondary N) is 1. The second-order valence-corrected chi connectivity index (χ2v) is 10.8. The molecule has 9 nitrogen and oxygen atoms in total. The highest BCUT2D eigenvalue weighted by Gasteiger charge is 2.29. The van der Waals surface area contributed by atoms with E-state index in [1.54, 1.807) is 30.3 Å². The predicted octanol–water partition coefficient (Wildman–Crippen LogP) is 2.63. The molecule has 2 saturated heterocycles. The molecule has 11 heteroatoms. The number of H-pyrrole nitrogens is 1. The minimum Gasteiger partial charge on any atom is -0.494 e. The first kappa shape index (κ1) is 25.4. The van der Waals surface area contributed by atoms with Crippen molar-refractivity contribution in [3.8, 4) is 23.2 Å². The zero-order valence-electron chi connectivity index (χ0n) is 19.4. The molecule has 2 aliphatic heterocycles. The molecule has 2 aromatic heterocycles. The summed E-state index contributed by atoms with van der Waals surface area (Å²) in [5.41, 5.74) is 2.03. The molecule has 0 amide bonds. The van der Waals surface area contributed by atoms with Crippen LogP contribution < -0.4 is 0 Å². The highest BCUT2D eigenvalue weighted by atomic mass is 35.5. The van der Waals surface area contributed by atoms with Crippen molar-refractivity contribution in [3.05, 3.63) is 42.1 Å². The Morgan fingerprint density at radius 2 is 1.69 bits per heavy atom. The van der Waals surface area contributed by atoms with Crippen molar-refractivity contribution in [1.29, 1.82) is 5.26 Å². The number of likely N-dealkylation sites (tertiary alicyclic amines) is 1. The summed E-state index contributed by atoms with van der Waals surface area (Å²) in [6.45, 7) is 6.77. The lowest BCUT2D eigenvalue weighted by atomic mass is 10.1. The molecule has 0 aliphatic carbocycles. The van der Waals surface area contributed by atoms with E-state index in [2.05, 4.69) is 25.8 Å². The number of halogens is 1. The molecular weight excluding hydrogens is 488 g/mol. The Balaban J connectivity index is 0.00000289. The molecule has 2 aliphatic rings. The lowest BCUT2D eigenvalue weighted by Gasteiger charge is -2.34. The highest BCUT2D eigenvalue weighted by molar-refractivity contribution is 7.89. The molecule has 3 aromatic rings. The van der Waals surface area contributed by atoms with E-state index in [-0.39, 0.29) is 23.2 Å². The minimum absolute atomic E-state index is 0. The number of nitrogens with zero attached hydrogens (tertiary/aromatic N) is 5. The van der Waals surface area contributed by atoms with Gasteiger partial charge in [-0.05, 0) is 50.2 Å². The molecule has 0 unspecified atom stereocenters. The maximum absolute atomic E-state index is 13.2. The van der Waals surface area contributed by atoms with Crippen LogP contribution >= 0.6 is 12.4 Å². The van der Waals surface area contributed by atoms with Crippen molar-refractivity contribution in [2.75, 3.05) is 52.4 Å². The number of aromatic hydroxyl groups is 1. The van der Waals surface area contributed by atoms with Gasteiger partial charge in [0.25, 0.3) is 0 Å². The van der Waals surface area contributed by atoms with E-state index in [0.717, 1.165) is 26.2 Å². The summed E-state index contributed by atoms with van der Waals surface area (Å²) in [5, 5.41) is 20.2. The molecule has 2 N–H and O–H groups in total. The Morgan fingerprint density at radius 1 is 1.00 bits per heavy atom. The molecule has 2 fully saturated rings. The van der Waals surface area contributed by atoms with Crippen LogP contribution in [0.1, 0.15) is 18.4 Å². The van der Waals surface area contributed by atoms with E-state index in [1.165, 1.54) is 36.4 Å². The van der Waals surface area contributed by atoms with Crippen LogP contribution in [0.15, 0.2) is 41.4 Å². The molecule has 0 spiro atoms. The zero-order chi connectivity index (χ0) is 23.7. The molecule has 186 valence electrons. The summed E-state index contributed by atoms with van der Waals surface area (Å²) in [7, 11) is -3.64. The maximum Gasteiger partial charge on any atom is 0.244 e. The Bertz CT molecular complexity index is 1320. The Labute approximate surface area is 211 Å².